The number of carbonyl (C=O) groups excluding carboxylic acids is 5. The molecule has 0 unspecified atom stereocenters. The van der Waals surface area contributed by atoms with Gasteiger partial charge in [0.1, 0.15) is 38.6 Å². The zero-order valence-corrected chi connectivity index (χ0v) is 26.3. The summed E-state index contributed by atoms with van der Waals surface area (Å²) in [5.74, 6) is -1.33. The molecule has 0 aromatic heterocycles. The van der Waals surface area contributed by atoms with E-state index in [0.717, 1.165) is 0 Å². The molecule has 11 nitrogen and oxygen atoms in total. The quantitative estimate of drug-likeness (QED) is 0.0624. The lowest BCUT2D eigenvalue weighted by Gasteiger charge is -2.42. The van der Waals surface area contributed by atoms with Gasteiger partial charge in [0.25, 0.3) is 0 Å². The van der Waals surface area contributed by atoms with Crippen LogP contribution in [0.3, 0.4) is 0 Å². The van der Waals surface area contributed by atoms with E-state index < -0.39 is 35.4 Å². The van der Waals surface area contributed by atoms with Gasteiger partial charge in [0, 0.05) is 41.9 Å². The van der Waals surface area contributed by atoms with Crippen LogP contribution in [0.4, 0.5) is 0 Å². The Morgan fingerprint density at radius 1 is 0.462 bits per heavy atom. The molecular weight excluding hydrogens is 611 g/mol. The molecule has 226 valence electrons. The SMILES string of the molecule is O=C(CCS)OCCN(CCOC(=O)CCS)C(COC(=O)CCS)(COC(=O)CCS)COC(=O)CCS. The zero-order valence-electron chi connectivity index (χ0n) is 21.8. The van der Waals surface area contributed by atoms with E-state index >= 15 is 0 Å². The first-order valence-electron chi connectivity index (χ1n) is 12.3. The molecule has 0 aliphatic rings. The summed E-state index contributed by atoms with van der Waals surface area (Å²) in [4.78, 5) is 62.3. The van der Waals surface area contributed by atoms with Gasteiger partial charge in [-0.15, -0.1) is 0 Å². The fourth-order valence-corrected chi connectivity index (χ4v) is 3.90. The van der Waals surface area contributed by atoms with E-state index in [1.165, 1.54) is 0 Å². The molecule has 0 amide bonds. The van der Waals surface area contributed by atoms with E-state index in [1.54, 1.807) is 4.90 Å². The molecule has 0 aromatic rings. The number of hydrogen-bond acceptors (Lipinski definition) is 16. The second kappa shape index (κ2) is 23.7. The van der Waals surface area contributed by atoms with Gasteiger partial charge in [-0.1, -0.05) is 0 Å². The molecule has 0 heterocycles. The van der Waals surface area contributed by atoms with Gasteiger partial charge in [0.2, 0.25) is 0 Å². The third-order valence-electron chi connectivity index (χ3n) is 5.00. The van der Waals surface area contributed by atoms with Gasteiger partial charge >= 0.3 is 29.8 Å². The lowest BCUT2D eigenvalue weighted by Crippen LogP contribution is -2.61. The summed E-state index contributed by atoms with van der Waals surface area (Å²) in [5.41, 5.74) is -1.41. The van der Waals surface area contributed by atoms with Crippen molar-refractivity contribution >= 4 is 93.0 Å². The molecular formula is C23H39NO10S5. The molecule has 0 fully saturated rings. The van der Waals surface area contributed by atoms with Crippen molar-refractivity contribution in [2.75, 3.05) is 74.9 Å². The largest absolute Gasteiger partial charge is 0.464 e. The molecule has 0 rings (SSSR count). The second-order valence-electron chi connectivity index (χ2n) is 8.00. The van der Waals surface area contributed by atoms with Crippen molar-refractivity contribution in [1.29, 1.82) is 0 Å². The Labute approximate surface area is 257 Å². The average Bonchev–Trinajstić information content (AvgIpc) is 2.88. The number of carbonyl (C=O) groups is 5. The van der Waals surface area contributed by atoms with Crippen molar-refractivity contribution in [2.24, 2.45) is 0 Å². The first-order valence-corrected chi connectivity index (χ1v) is 15.4. The molecule has 0 saturated heterocycles. The topological polar surface area (TPSA) is 135 Å². The van der Waals surface area contributed by atoms with Crippen LogP contribution in [0, 0.1) is 0 Å². The van der Waals surface area contributed by atoms with Crippen LogP contribution >= 0.6 is 63.1 Å². The predicted octanol–water partition coefficient (Wildman–Crippen LogP) is 1.34. The van der Waals surface area contributed by atoms with Crippen molar-refractivity contribution in [2.45, 2.75) is 37.6 Å². The van der Waals surface area contributed by atoms with Crippen LogP contribution in [0.25, 0.3) is 0 Å². The molecule has 0 aromatic carbocycles. The Kier molecular flexibility index (Phi) is 23.2. The third-order valence-corrected chi connectivity index (χ3v) is 6.12. The summed E-state index contributed by atoms with van der Waals surface area (Å²) in [6.07, 6.45) is 0.238. The van der Waals surface area contributed by atoms with E-state index in [0.29, 0.717) is 11.5 Å². The van der Waals surface area contributed by atoms with Gasteiger partial charge in [-0.3, -0.25) is 28.9 Å². The third kappa shape index (κ3) is 18.2. The van der Waals surface area contributed by atoms with Gasteiger partial charge in [0.15, 0.2) is 0 Å². The molecule has 0 aliphatic carbocycles. The molecule has 16 heteroatoms. The van der Waals surface area contributed by atoms with Crippen LogP contribution in [0.15, 0.2) is 0 Å². The standard InChI is InChI=1S/C23H39NO10S5/c25-18(1-10-35)30-8-6-24(7-9-31-19(26)2-11-36)23(15-32-20(27)3-12-37,16-33-21(28)4-13-38)17-34-22(29)5-14-39/h35-39H,1-17H2. The van der Waals surface area contributed by atoms with E-state index in [1.807, 2.05) is 0 Å². The molecule has 0 saturated carbocycles. The number of nitrogens with zero attached hydrogens (tertiary/aromatic N) is 1. The Bertz CT molecular complexity index is 680. The first-order chi connectivity index (χ1) is 18.7. The lowest BCUT2D eigenvalue weighted by atomic mass is 9.99. The van der Waals surface area contributed by atoms with Crippen LogP contribution in [0.2, 0.25) is 0 Å². The average molecular weight is 650 g/mol. The van der Waals surface area contributed by atoms with Gasteiger partial charge in [-0.2, -0.15) is 63.1 Å². The van der Waals surface area contributed by atoms with Crippen LogP contribution in [-0.4, -0.2) is 115 Å². The predicted molar refractivity (Wildman–Crippen MR) is 161 cm³/mol. The highest BCUT2D eigenvalue weighted by Gasteiger charge is 2.42. The summed E-state index contributed by atoms with van der Waals surface area (Å²) >= 11 is 20.2. The summed E-state index contributed by atoms with van der Waals surface area (Å²) in [7, 11) is 0. The smallest absolute Gasteiger partial charge is 0.306 e. The van der Waals surface area contributed by atoms with Gasteiger partial charge in [-0.25, -0.2) is 0 Å². The maximum Gasteiger partial charge on any atom is 0.306 e. The minimum Gasteiger partial charge on any atom is -0.464 e. The number of thiol groups is 5. The van der Waals surface area contributed by atoms with Crippen molar-refractivity contribution in [3.05, 3.63) is 0 Å². The minimum atomic E-state index is -1.41. The Morgan fingerprint density at radius 2 is 0.718 bits per heavy atom. The second-order valence-corrected chi connectivity index (χ2v) is 10.2. The molecule has 0 atom stereocenters. The highest BCUT2D eigenvalue weighted by molar-refractivity contribution is 7.80. The Morgan fingerprint density at radius 3 is 0.974 bits per heavy atom. The van der Waals surface area contributed by atoms with Gasteiger partial charge in [0.05, 0.1) is 32.1 Å². The summed E-state index contributed by atoms with van der Waals surface area (Å²) in [6.45, 7) is -1.16. The van der Waals surface area contributed by atoms with Crippen LogP contribution in [0.5, 0.6) is 0 Å². The normalized spacial score (nSPS) is 11.1. The number of rotatable bonds is 23. The van der Waals surface area contributed by atoms with Crippen LogP contribution in [-0.2, 0) is 47.7 Å². The highest BCUT2D eigenvalue weighted by atomic mass is 32.1. The fraction of sp³-hybridized carbons (Fsp3) is 0.783. The summed E-state index contributed by atoms with van der Waals surface area (Å²) < 4.78 is 26.9. The Balaban J connectivity index is 6.18. The van der Waals surface area contributed by atoms with E-state index in [9.17, 15) is 24.0 Å². The maximum absolute atomic E-state index is 12.3. The van der Waals surface area contributed by atoms with Gasteiger partial charge in [-0.05, 0) is 0 Å². The van der Waals surface area contributed by atoms with Crippen molar-refractivity contribution in [3.8, 4) is 0 Å². The van der Waals surface area contributed by atoms with Crippen molar-refractivity contribution < 1.29 is 47.7 Å². The maximum atomic E-state index is 12.3. The lowest BCUT2D eigenvalue weighted by molar-refractivity contribution is -0.167. The zero-order chi connectivity index (χ0) is 29.5. The van der Waals surface area contributed by atoms with Crippen molar-refractivity contribution in [3.63, 3.8) is 0 Å². The van der Waals surface area contributed by atoms with Crippen LogP contribution in [0.1, 0.15) is 32.1 Å². The Hall–Kier alpha value is -0.940. The van der Waals surface area contributed by atoms with Crippen LogP contribution < -0.4 is 0 Å². The first kappa shape index (κ1) is 38.1. The van der Waals surface area contributed by atoms with E-state index in [-0.39, 0.29) is 95.5 Å². The molecule has 0 radical (unpaired) electrons. The summed E-state index contributed by atoms with van der Waals surface area (Å²) in [6, 6.07) is 0. The molecule has 0 bridgehead atoms. The minimum absolute atomic E-state index is 0.0146. The molecule has 0 N–H and O–H groups in total. The van der Waals surface area contributed by atoms with Gasteiger partial charge < -0.3 is 23.7 Å². The molecule has 0 spiro atoms. The fourth-order valence-electron chi connectivity index (χ4n) is 2.99. The molecule has 0 aliphatic heterocycles. The van der Waals surface area contributed by atoms with E-state index in [4.69, 9.17) is 23.7 Å². The molecule has 39 heavy (non-hydrogen) atoms. The number of hydrogen-bond donors (Lipinski definition) is 5. The number of esters is 5. The summed E-state index contributed by atoms with van der Waals surface area (Å²) in [5, 5.41) is 0. The monoisotopic (exact) mass is 649 g/mol. The number of ether oxygens (including phenoxy) is 5. The van der Waals surface area contributed by atoms with Crippen molar-refractivity contribution in [1.82, 2.24) is 4.90 Å². The highest BCUT2D eigenvalue weighted by Crippen LogP contribution is 2.21. The van der Waals surface area contributed by atoms with E-state index in [2.05, 4.69) is 63.1 Å².